The lowest BCUT2D eigenvalue weighted by Gasteiger charge is -2.19. The first-order valence-electron chi connectivity index (χ1n) is 9.24. The number of carbonyl (C=O) groups excluding carboxylic acids is 2. The van der Waals surface area contributed by atoms with Gasteiger partial charge in [0.05, 0.1) is 22.7 Å². The van der Waals surface area contributed by atoms with Crippen LogP contribution in [0.5, 0.6) is 0 Å². The molecule has 2 N–H and O–H groups in total. The van der Waals surface area contributed by atoms with Crippen LogP contribution in [0.15, 0.2) is 83.8 Å². The van der Waals surface area contributed by atoms with Gasteiger partial charge in [0.1, 0.15) is 5.82 Å². The molecule has 0 spiro atoms. The molecule has 0 unspecified atom stereocenters. The molecule has 2 amide bonds. The van der Waals surface area contributed by atoms with Gasteiger partial charge in [0.15, 0.2) is 0 Å². The number of rotatable bonds is 7. The van der Waals surface area contributed by atoms with Crippen LogP contribution >= 0.6 is 0 Å². The summed E-state index contributed by atoms with van der Waals surface area (Å²) in [6, 6.07) is 19.2. The minimum absolute atomic E-state index is 0.0483. The fourth-order valence-electron chi connectivity index (χ4n) is 2.79. The number of benzene rings is 3. The van der Waals surface area contributed by atoms with E-state index in [9.17, 15) is 22.4 Å². The number of halogens is 1. The molecule has 0 fully saturated rings. The fraction of sp³-hybridized carbons (Fsp3) is 0.0909. The standard InChI is InChI=1S/C22H20FN3O4S/c1-26(15-21(27)24-17-7-3-2-4-8-17)22(28)19-9-5-6-10-20(19)25-31(29,30)18-13-11-16(23)12-14-18/h2-14,25H,15H2,1H3,(H,24,27). The molecule has 31 heavy (non-hydrogen) atoms. The topological polar surface area (TPSA) is 95.6 Å². The van der Waals surface area contributed by atoms with Gasteiger partial charge in [-0.1, -0.05) is 30.3 Å². The molecule has 160 valence electrons. The molecule has 0 heterocycles. The minimum atomic E-state index is -4.04. The van der Waals surface area contributed by atoms with Crippen LogP contribution in [-0.2, 0) is 14.8 Å². The Kier molecular flexibility index (Phi) is 6.66. The van der Waals surface area contributed by atoms with E-state index in [2.05, 4.69) is 10.0 Å². The molecule has 0 bridgehead atoms. The average Bonchev–Trinajstić information content (AvgIpc) is 2.74. The highest BCUT2D eigenvalue weighted by Crippen LogP contribution is 2.21. The third-order valence-electron chi connectivity index (χ3n) is 4.31. The molecule has 0 saturated carbocycles. The van der Waals surface area contributed by atoms with Gasteiger partial charge in [0.25, 0.3) is 15.9 Å². The van der Waals surface area contributed by atoms with Crippen molar-refractivity contribution in [3.05, 3.63) is 90.2 Å². The summed E-state index contributed by atoms with van der Waals surface area (Å²) in [5.74, 6) is -1.50. The largest absolute Gasteiger partial charge is 0.332 e. The van der Waals surface area contributed by atoms with Crippen molar-refractivity contribution in [3.8, 4) is 0 Å². The lowest BCUT2D eigenvalue weighted by atomic mass is 10.1. The smallest absolute Gasteiger partial charge is 0.261 e. The van der Waals surface area contributed by atoms with Crippen LogP contribution < -0.4 is 10.0 Å². The summed E-state index contributed by atoms with van der Waals surface area (Å²) in [5, 5.41) is 2.68. The van der Waals surface area contributed by atoms with Gasteiger partial charge < -0.3 is 10.2 Å². The number of para-hydroxylation sites is 2. The molecule has 0 atom stereocenters. The molecule has 0 saturated heterocycles. The van der Waals surface area contributed by atoms with E-state index < -0.39 is 27.7 Å². The second-order valence-electron chi connectivity index (χ2n) is 6.68. The van der Waals surface area contributed by atoms with E-state index in [4.69, 9.17) is 0 Å². The monoisotopic (exact) mass is 441 g/mol. The summed E-state index contributed by atoms with van der Waals surface area (Å²) >= 11 is 0. The molecular weight excluding hydrogens is 421 g/mol. The first-order valence-corrected chi connectivity index (χ1v) is 10.7. The van der Waals surface area contributed by atoms with Crippen molar-refractivity contribution in [2.75, 3.05) is 23.6 Å². The van der Waals surface area contributed by atoms with Crippen molar-refractivity contribution >= 4 is 33.2 Å². The first kappa shape index (κ1) is 22.0. The van der Waals surface area contributed by atoms with Crippen molar-refractivity contribution in [2.45, 2.75) is 4.90 Å². The summed E-state index contributed by atoms with van der Waals surface area (Å²) in [6.07, 6.45) is 0. The van der Waals surface area contributed by atoms with Crippen LogP contribution in [-0.4, -0.2) is 38.7 Å². The SMILES string of the molecule is CN(CC(=O)Nc1ccccc1)C(=O)c1ccccc1NS(=O)(=O)c1ccc(F)cc1. The molecule has 3 aromatic rings. The Balaban J connectivity index is 1.75. The lowest BCUT2D eigenvalue weighted by Crippen LogP contribution is -2.35. The molecule has 3 aromatic carbocycles. The molecule has 7 nitrogen and oxygen atoms in total. The zero-order valence-corrected chi connectivity index (χ0v) is 17.4. The van der Waals surface area contributed by atoms with E-state index in [0.717, 1.165) is 24.3 Å². The highest BCUT2D eigenvalue weighted by molar-refractivity contribution is 7.92. The normalized spacial score (nSPS) is 10.9. The lowest BCUT2D eigenvalue weighted by molar-refractivity contribution is -0.116. The van der Waals surface area contributed by atoms with Crippen LogP contribution in [0.2, 0.25) is 0 Å². The highest BCUT2D eigenvalue weighted by Gasteiger charge is 2.21. The van der Waals surface area contributed by atoms with Crippen LogP contribution in [0, 0.1) is 5.82 Å². The molecule has 0 aliphatic rings. The van der Waals surface area contributed by atoms with Gasteiger partial charge in [-0.2, -0.15) is 0 Å². The van der Waals surface area contributed by atoms with E-state index in [1.165, 1.54) is 24.1 Å². The summed E-state index contributed by atoms with van der Waals surface area (Å²) in [4.78, 5) is 26.2. The van der Waals surface area contributed by atoms with Crippen LogP contribution in [0.1, 0.15) is 10.4 Å². The number of anilines is 2. The Bertz CT molecular complexity index is 1180. The van der Waals surface area contributed by atoms with Gasteiger partial charge in [0, 0.05) is 12.7 Å². The fourth-order valence-corrected chi connectivity index (χ4v) is 3.87. The first-order chi connectivity index (χ1) is 14.8. The highest BCUT2D eigenvalue weighted by atomic mass is 32.2. The van der Waals surface area contributed by atoms with E-state index in [1.54, 1.807) is 36.4 Å². The molecule has 3 rings (SSSR count). The van der Waals surface area contributed by atoms with Crippen molar-refractivity contribution < 1.29 is 22.4 Å². The number of hydrogen-bond donors (Lipinski definition) is 2. The molecule has 0 aliphatic carbocycles. The quantitative estimate of drug-likeness (QED) is 0.588. The van der Waals surface area contributed by atoms with Crippen LogP contribution in [0.4, 0.5) is 15.8 Å². The molecule has 0 radical (unpaired) electrons. The Morgan fingerprint density at radius 3 is 2.19 bits per heavy atom. The number of nitrogens with zero attached hydrogens (tertiary/aromatic N) is 1. The number of sulfonamides is 1. The summed E-state index contributed by atoms with van der Waals surface area (Å²) < 4.78 is 40.7. The van der Waals surface area contributed by atoms with Crippen molar-refractivity contribution in [2.24, 2.45) is 0 Å². The second-order valence-corrected chi connectivity index (χ2v) is 8.36. The Hall–Kier alpha value is -3.72. The van der Waals surface area contributed by atoms with E-state index in [-0.39, 0.29) is 22.7 Å². The number of hydrogen-bond acceptors (Lipinski definition) is 4. The second kappa shape index (κ2) is 9.40. The van der Waals surface area contributed by atoms with Gasteiger partial charge >= 0.3 is 0 Å². The number of amides is 2. The summed E-state index contributed by atoms with van der Waals surface area (Å²) in [7, 11) is -2.60. The Labute approximate surface area is 179 Å². The van der Waals surface area contributed by atoms with Crippen molar-refractivity contribution in [1.82, 2.24) is 4.90 Å². The Morgan fingerprint density at radius 2 is 1.52 bits per heavy atom. The number of carbonyl (C=O) groups is 2. The summed E-state index contributed by atoms with van der Waals surface area (Å²) in [6.45, 7) is -0.229. The maximum absolute atomic E-state index is 13.1. The number of nitrogens with one attached hydrogen (secondary N) is 2. The van der Waals surface area contributed by atoms with Gasteiger partial charge in [-0.3, -0.25) is 14.3 Å². The van der Waals surface area contributed by atoms with E-state index in [0.29, 0.717) is 5.69 Å². The summed E-state index contributed by atoms with van der Waals surface area (Å²) in [5.41, 5.74) is 0.719. The number of likely N-dealkylation sites (N-methyl/N-ethyl adjacent to an activating group) is 1. The van der Waals surface area contributed by atoms with Gasteiger partial charge in [-0.25, -0.2) is 12.8 Å². The third kappa shape index (κ3) is 5.67. The maximum Gasteiger partial charge on any atom is 0.261 e. The zero-order chi connectivity index (χ0) is 22.4. The van der Waals surface area contributed by atoms with Gasteiger partial charge in [-0.15, -0.1) is 0 Å². The molecule has 9 heteroatoms. The van der Waals surface area contributed by atoms with Gasteiger partial charge in [-0.05, 0) is 48.5 Å². The minimum Gasteiger partial charge on any atom is -0.332 e. The predicted molar refractivity (Wildman–Crippen MR) is 116 cm³/mol. The molecule has 0 aliphatic heterocycles. The molecular formula is C22H20FN3O4S. The zero-order valence-electron chi connectivity index (χ0n) is 16.6. The third-order valence-corrected chi connectivity index (χ3v) is 5.69. The molecule has 0 aromatic heterocycles. The van der Waals surface area contributed by atoms with Crippen LogP contribution in [0.3, 0.4) is 0 Å². The van der Waals surface area contributed by atoms with E-state index in [1.807, 2.05) is 6.07 Å². The van der Waals surface area contributed by atoms with Crippen molar-refractivity contribution in [3.63, 3.8) is 0 Å². The van der Waals surface area contributed by atoms with E-state index >= 15 is 0 Å². The average molecular weight is 441 g/mol. The van der Waals surface area contributed by atoms with Crippen molar-refractivity contribution in [1.29, 1.82) is 0 Å². The van der Waals surface area contributed by atoms with Crippen LogP contribution in [0.25, 0.3) is 0 Å². The maximum atomic E-state index is 13.1. The predicted octanol–water partition coefficient (Wildman–Crippen LogP) is 3.34. The Morgan fingerprint density at radius 1 is 0.903 bits per heavy atom. The van der Waals surface area contributed by atoms with Gasteiger partial charge in [0.2, 0.25) is 5.91 Å².